The zero-order chi connectivity index (χ0) is 24.5. The molecule has 4 aromatic rings. The van der Waals surface area contributed by atoms with Gasteiger partial charge in [-0.15, -0.1) is 0 Å². The molecule has 0 aliphatic carbocycles. The van der Waals surface area contributed by atoms with Crippen LogP contribution < -0.4 is 0 Å². The Hall–Kier alpha value is -4.53. The Morgan fingerprint density at radius 2 is 1.91 bits per heavy atom. The van der Waals surface area contributed by atoms with Gasteiger partial charge in [0.25, 0.3) is 5.69 Å². The van der Waals surface area contributed by atoms with Gasteiger partial charge in [0, 0.05) is 35.5 Å². The van der Waals surface area contributed by atoms with Crippen molar-refractivity contribution in [2.45, 2.75) is 19.3 Å². The second-order valence-corrected chi connectivity index (χ2v) is 8.20. The highest BCUT2D eigenvalue weighted by Crippen LogP contribution is 2.34. The van der Waals surface area contributed by atoms with Crippen LogP contribution in [0.15, 0.2) is 72.0 Å². The van der Waals surface area contributed by atoms with Gasteiger partial charge in [-0.1, -0.05) is 12.1 Å². The number of aromatic amines is 1. The summed E-state index contributed by atoms with van der Waals surface area (Å²) in [6, 6.07) is 15.0. The first-order chi connectivity index (χ1) is 16.2. The summed E-state index contributed by atoms with van der Waals surface area (Å²) in [5.74, 6) is -0.515. The van der Waals surface area contributed by atoms with Crippen LogP contribution in [0.5, 0.6) is 5.88 Å². The standard InChI is InChI=1S/C25H22N4O5/c1-25(2,24(31)34-3)16-6-8-17(9-7-16)27-22(15-5-4-12-26-14-15)21-19-11-10-18(29(32)33)13-20(19)28-23(21)30/h4-14,28,30H,1-3H3. The minimum Gasteiger partial charge on any atom is -0.494 e. The molecule has 2 aromatic heterocycles. The van der Waals surface area contributed by atoms with Crippen LogP contribution in [-0.4, -0.2) is 38.8 Å². The van der Waals surface area contributed by atoms with Gasteiger partial charge >= 0.3 is 5.97 Å². The maximum absolute atomic E-state index is 12.1. The number of nitrogens with one attached hydrogen (secondary N) is 1. The molecule has 2 aromatic carbocycles. The zero-order valence-corrected chi connectivity index (χ0v) is 18.8. The summed E-state index contributed by atoms with van der Waals surface area (Å²) < 4.78 is 4.90. The number of benzene rings is 2. The molecule has 0 amide bonds. The van der Waals surface area contributed by atoms with Crippen molar-refractivity contribution < 1.29 is 19.6 Å². The molecule has 34 heavy (non-hydrogen) atoms. The number of esters is 1. The van der Waals surface area contributed by atoms with E-state index >= 15 is 0 Å². The highest BCUT2D eigenvalue weighted by atomic mass is 16.6. The third kappa shape index (κ3) is 4.11. The summed E-state index contributed by atoms with van der Waals surface area (Å²) in [7, 11) is 1.35. The molecule has 0 saturated heterocycles. The second-order valence-electron chi connectivity index (χ2n) is 8.20. The molecule has 4 rings (SSSR count). The molecule has 0 atom stereocenters. The van der Waals surface area contributed by atoms with Crippen LogP contribution >= 0.6 is 0 Å². The minimum atomic E-state index is -0.826. The topological polar surface area (TPSA) is 131 Å². The van der Waals surface area contributed by atoms with Gasteiger partial charge in [-0.25, -0.2) is 4.99 Å². The van der Waals surface area contributed by atoms with Crippen molar-refractivity contribution >= 4 is 34.0 Å². The number of ether oxygens (including phenoxy) is 1. The quantitative estimate of drug-likeness (QED) is 0.185. The lowest BCUT2D eigenvalue weighted by Crippen LogP contribution is -2.30. The van der Waals surface area contributed by atoms with Gasteiger partial charge in [0.15, 0.2) is 5.88 Å². The SMILES string of the molecule is COC(=O)C(C)(C)c1ccc(N=C(c2cccnc2)c2c(O)[nH]c3cc([N+](=O)[O-])ccc23)cc1. The van der Waals surface area contributed by atoms with Gasteiger partial charge in [0.2, 0.25) is 0 Å². The van der Waals surface area contributed by atoms with Gasteiger partial charge in [0.05, 0.1) is 39.9 Å². The third-order valence-electron chi connectivity index (χ3n) is 5.67. The van der Waals surface area contributed by atoms with Crippen LogP contribution in [0.1, 0.15) is 30.5 Å². The number of hydrogen-bond donors (Lipinski definition) is 2. The average Bonchev–Trinajstić information content (AvgIpc) is 3.17. The molecule has 2 heterocycles. The smallest absolute Gasteiger partial charge is 0.315 e. The van der Waals surface area contributed by atoms with Gasteiger partial charge < -0.3 is 14.8 Å². The van der Waals surface area contributed by atoms with E-state index < -0.39 is 10.3 Å². The largest absolute Gasteiger partial charge is 0.494 e. The van der Waals surface area contributed by atoms with E-state index in [1.54, 1.807) is 62.6 Å². The van der Waals surface area contributed by atoms with Gasteiger partial charge in [-0.2, -0.15) is 0 Å². The summed E-state index contributed by atoms with van der Waals surface area (Å²) in [6.07, 6.45) is 3.25. The van der Waals surface area contributed by atoms with E-state index in [4.69, 9.17) is 9.73 Å². The second kappa shape index (κ2) is 8.78. The highest BCUT2D eigenvalue weighted by molar-refractivity contribution is 6.21. The average molecular weight is 458 g/mol. The lowest BCUT2D eigenvalue weighted by Gasteiger charge is -2.22. The molecular formula is C25H22N4O5. The molecule has 0 aliphatic heterocycles. The summed E-state index contributed by atoms with van der Waals surface area (Å²) in [6.45, 7) is 3.56. The number of aromatic hydroxyl groups is 1. The number of methoxy groups -OCH3 is 1. The molecule has 0 aliphatic rings. The first-order valence-electron chi connectivity index (χ1n) is 10.4. The zero-order valence-electron chi connectivity index (χ0n) is 18.8. The van der Waals surface area contributed by atoms with E-state index in [0.717, 1.165) is 5.56 Å². The van der Waals surface area contributed by atoms with Crippen molar-refractivity contribution in [3.63, 3.8) is 0 Å². The maximum Gasteiger partial charge on any atom is 0.315 e. The number of pyridine rings is 1. The van der Waals surface area contributed by atoms with Crippen LogP contribution in [0.4, 0.5) is 11.4 Å². The van der Waals surface area contributed by atoms with Crippen molar-refractivity contribution in [1.82, 2.24) is 9.97 Å². The van der Waals surface area contributed by atoms with E-state index in [-0.39, 0.29) is 17.5 Å². The Morgan fingerprint density at radius 3 is 2.53 bits per heavy atom. The van der Waals surface area contributed by atoms with E-state index in [1.165, 1.54) is 19.2 Å². The first kappa shape index (κ1) is 22.7. The Balaban J connectivity index is 1.85. The molecule has 0 radical (unpaired) electrons. The Kier molecular flexibility index (Phi) is 5.85. The lowest BCUT2D eigenvalue weighted by molar-refractivity contribution is -0.384. The molecule has 0 saturated carbocycles. The molecule has 0 bridgehead atoms. The minimum absolute atomic E-state index is 0.0935. The predicted molar refractivity (Wildman–Crippen MR) is 128 cm³/mol. The Bertz CT molecular complexity index is 1410. The highest BCUT2D eigenvalue weighted by Gasteiger charge is 2.30. The number of nitro benzene ring substituents is 1. The predicted octanol–water partition coefficient (Wildman–Crippen LogP) is 4.80. The molecule has 2 N–H and O–H groups in total. The van der Waals surface area contributed by atoms with Crippen molar-refractivity contribution in [2.24, 2.45) is 4.99 Å². The number of non-ortho nitro benzene ring substituents is 1. The monoisotopic (exact) mass is 458 g/mol. The maximum atomic E-state index is 12.1. The van der Waals surface area contributed by atoms with E-state index in [0.29, 0.717) is 33.4 Å². The molecule has 172 valence electrons. The molecule has 9 heteroatoms. The normalized spacial score (nSPS) is 12.0. The van der Waals surface area contributed by atoms with Crippen LogP contribution in [0, 0.1) is 10.1 Å². The van der Waals surface area contributed by atoms with Gasteiger partial charge in [-0.05, 0) is 49.7 Å². The van der Waals surface area contributed by atoms with E-state index in [9.17, 15) is 20.0 Å². The molecule has 0 fully saturated rings. The van der Waals surface area contributed by atoms with Crippen molar-refractivity contribution in [1.29, 1.82) is 0 Å². The Morgan fingerprint density at radius 1 is 1.18 bits per heavy atom. The van der Waals surface area contributed by atoms with Crippen molar-refractivity contribution in [3.8, 4) is 5.88 Å². The number of aromatic nitrogens is 2. The van der Waals surface area contributed by atoms with E-state index in [2.05, 4.69) is 9.97 Å². The summed E-state index contributed by atoms with van der Waals surface area (Å²) >= 11 is 0. The number of aliphatic imine (C=N–C) groups is 1. The lowest BCUT2D eigenvalue weighted by atomic mass is 9.85. The van der Waals surface area contributed by atoms with Crippen LogP contribution in [0.25, 0.3) is 10.9 Å². The summed E-state index contributed by atoms with van der Waals surface area (Å²) in [5, 5.41) is 22.5. The Labute approximate surface area is 194 Å². The molecule has 0 spiro atoms. The number of carbonyl (C=O) groups is 1. The number of rotatable bonds is 6. The van der Waals surface area contributed by atoms with Crippen LogP contribution in [0.3, 0.4) is 0 Å². The van der Waals surface area contributed by atoms with E-state index in [1.807, 2.05) is 6.07 Å². The first-order valence-corrected chi connectivity index (χ1v) is 10.4. The van der Waals surface area contributed by atoms with Crippen molar-refractivity contribution in [3.05, 3.63) is 93.8 Å². The number of fused-ring (bicyclic) bond motifs is 1. The van der Waals surface area contributed by atoms with Crippen LogP contribution in [-0.2, 0) is 14.9 Å². The van der Waals surface area contributed by atoms with Gasteiger partial charge in [0.1, 0.15) is 0 Å². The van der Waals surface area contributed by atoms with Crippen molar-refractivity contribution in [2.75, 3.05) is 7.11 Å². The number of nitro groups is 1. The molecule has 0 unspecified atom stereocenters. The summed E-state index contributed by atoms with van der Waals surface area (Å²) in [4.78, 5) is 34.5. The fraction of sp³-hybridized carbons (Fsp3) is 0.160. The third-order valence-corrected chi connectivity index (χ3v) is 5.67. The fourth-order valence-corrected chi connectivity index (χ4v) is 3.75. The number of H-pyrrole nitrogens is 1. The fourth-order valence-electron chi connectivity index (χ4n) is 3.75. The number of carbonyl (C=O) groups excluding carboxylic acids is 1. The number of nitrogens with zero attached hydrogens (tertiary/aromatic N) is 3. The molecular weight excluding hydrogens is 436 g/mol. The van der Waals surface area contributed by atoms with Crippen LogP contribution in [0.2, 0.25) is 0 Å². The van der Waals surface area contributed by atoms with Gasteiger partial charge in [-0.3, -0.25) is 19.9 Å². The number of hydrogen-bond acceptors (Lipinski definition) is 7. The molecule has 9 nitrogen and oxygen atoms in total. The summed E-state index contributed by atoms with van der Waals surface area (Å²) in [5.41, 5.74) is 2.32.